The summed E-state index contributed by atoms with van der Waals surface area (Å²) in [6.45, 7) is 0. The highest BCUT2D eigenvalue weighted by Gasteiger charge is 2.08. The number of aromatic nitrogens is 2. The van der Waals surface area contributed by atoms with E-state index in [4.69, 9.17) is 5.11 Å². The number of nitrogens with zero attached hydrogens (tertiary/aromatic N) is 2. The number of carboxylic acids is 1. The lowest BCUT2D eigenvalue weighted by atomic mass is 10.3. The largest absolute Gasteiger partial charge is 0.478 e. The van der Waals surface area contributed by atoms with Crippen LogP contribution in [0.25, 0.3) is 0 Å². The average molecular weight is 170 g/mol. The fourth-order valence-corrected chi connectivity index (χ4v) is 1.14. The predicted molar refractivity (Wildman–Crippen MR) is 40.8 cm³/mol. The van der Waals surface area contributed by atoms with Gasteiger partial charge in [-0.2, -0.15) is 5.10 Å². The Morgan fingerprint density at radius 3 is 2.91 bits per heavy atom. The molecule has 1 aromatic rings. The summed E-state index contributed by atoms with van der Waals surface area (Å²) in [6, 6.07) is 1.43. The van der Waals surface area contributed by atoms with Gasteiger partial charge in [0.15, 0.2) is 0 Å². The van der Waals surface area contributed by atoms with Gasteiger partial charge in [-0.1, -0.05) is 0 Å². The molecule has 1 N–H and O–H groups in total. The van der Waals surface area contributed by atoms with Crippen molar-refractivity contribution in [2.75, 3.05) is 6.26 Å². The highest BCUT2D eigenvalue weighted by molar-refractivity contribution is 7.98. The number of carbonyl (C=O) groups is 1. The molecule has 0 atom stereocenters. The number of aromatic carboxylic acids is 1. The molecule has 0 fully saturated rings. The Hall–Kier alpha value is -1.10. The lowest BCUT2D eigenvalue weighted by Crippen LogP contribution is -2.00. The van der Waals surface area contributed by atoms with E-state index >= 15 is 0 Å². The Morgan fingerprint density at radius 2 is 2.45 bits per heavy atom. The molecule has 0 aliphatic rings. The lowest BCUT2D eigenvalue weighted by Gasteiger charge is -1.97. The number of rotatable bonds is 2. The fourth-order valence-electron chi connectivity index (χ4n) is 0.632. The molecule has 0 spiro atoms. The molecule has 0 radical (unpaired) electrons. The first kappa shape index (κ1) is 8.00. The quantitative estimate of drug-likeness (QED) is 0.668. The van der Waals surface area contributed by atoms with Crippen LogP contribution >= 0.6 is 11.8 Å². The molecule has 1 aromatic heterocycles. The smallest absolute Gasteiger partial charge is 0.338 e. The minimum absolute atomic E-state index is 0.201. The minimum atomic E-state index is -0.968. The average Bonchev–Trinajstić information content (AvgIpc) is 2.04. The van der Waals surface area contributed by atoms with Crippen molar-refractivity contribution < 1.29 is 9.90 Å². The number of thioether (sulfide) groups is 1. The molecule has 11 heavy (non-hydrogen) atoms. The van der Waals surface area contributed by atoms with Crippen molar-refractivity contribution in [2.24, 2.45) is 0 Å². The Kier molecular flexibility index (Phi) is 2.43. The highest BCUT2D eigenvalue weighted by atomic mass is 32.2. The van der Waals surface area contributed by atoms with Crippen LogP contribution in [0, 0.1) is 0 Å². The highest BCUT2D eigenvalue weighted by Crippen LogP contribution is 2.14. The normalized spacial score (nSPS) is 9.55. The third-order valence-electron chi connectivity index (χ3n) is 1.11. The molecule has 0 bridgehead atoms. The monoisotopic (exact) mass is 170 g/mol. The van der Waals surface area contributed by atoms with Crippen molar-refractivity contribution in [1.82, 2.24) is 10.2 Å². The molecule has 5 heteroatoms. The third kappa shape index (κ3) is 1.68. The summed E-state index contributed by atoms with van der Waals surface area (Å²) in [6.07, 6.45) is 3.12. The van der Waals surface area contributed by atoms with E-state index in [2.05, 4.69) is 10.2 Å². The first-order valence-corrected chi connectivity index (χ1v) is 4.07. The van der Waals surface area contributed by atoms with Crippen molar-refractivity contribution in [3.05, 3.63) is 17.8 Å². The molecule has 0 aromatic carbocycles. The van der Waals surface area contributed by atoms with Crippen LogP contribution in [0.2, 0.25) is 0 Å². The molecule has 1 heterocycles. The molecule has 0 amide bonds. The Labute approximate surface area is 67.6 Å². The van der Waals surface area contributed by atoms with Crippen LogP contribution in [-0.4, -0.2) is 27.5 Å². The Bertz CT molecular complexity index is 277. The summed E-state index contributed by atoms with van der Waals surface area (Å²) in [4.78, 5) is 10.5. The minimum Gasteiger partial charge on any atom is -0.478 e. The van der Waals surface area contributed by atoms with Gasteiger partial charge < -0.3 is 5.11 Å². The molecule has 0 aliphatic heterocycles. The van der Waals surface area contributed by atoms with Crippen molar-refractivity contribution in [2.45, 2.75) is 5.03 Å². The summed E-state index contributed by atoms with van der Waals surface area (Å²) in [7, 11) is 0. The number of carboxylic acid groups (broad SMARTS) is 1. The summed E-state index contributed by atoms with van der Waals surface area (Å²) < 4.78 is 0. The van der Waals surface area contributed by atoms with E-state index in [9.17, 15) is 4.79 Å². The molecule has 0 aliphatic carbocycles. The summed E-state index contributed by atoms with van der Waals surface area (Å²) in [5.74, 6) is -0.968. The summed E-state index contributed by atoms with van der Waals surface area (Å²) in [5, 5.41) is 16.3. The van der Waals surface area contributed by atoms with E-state index in [1.54, 1.807) is 6.26 Å². The van der Waals surface area contributed by atoms with Crippen molar-refractivity contribution in [1.29, 1.82) is 0 Å². The van der Waals surface area contributed by atoms with Gasteiger partial charge in [0.25, 0.3) is 0 Å². The molecule has 58 valence electrons. The Morgan fingerprint density at radius 1 is 1.73 bits per heavy atom. The van der Waals surface area contributed by atoms with Crippen LogP contribution in [0.15, 0.2) is 17.3 Å². The van der Waals surface area contributed by atoms with Gasteiger partial charge in [0.2, 0.25) is 0 Å². The van der Waals surface area contributed by atoms with Gasteiger partial charge in [-0.05, 0) is 12.3 Å². The zero-order valence-corrected chi connectivity index (χ0v) is 6.63. The predicted octanol–water partition coefficient (Wildman–Crippen LogP) is 0.897. The van der Waals surface area contributed by atoms with Gasteiger partial charge in [-0.15, -0.1) is 16.9 Å². The first-order valence-electron chi connectivity index (χ1n) is 2.84. The Balaban J connectivity index is 3.12. The van der Waals surface area contributed by atoms with Gasteiger partial charge in [0.05, 0.1) is 11.8 Å². The SMILES string of the molecule is CSc1nnccc1C(=O)O. The van der Waals surface area contributed by atoms with E-state index in [1.165, 1.54) is 24.0 Å². The van der Waals surface area contributed by atoms with Crippen LogP contribution < -0.4 is 0 Å². The van der Waals surface area contributed by atoms with Crippen LogP contribution in [0.5, 0.6) is 0 Å². The zero-order chi connectivity index (χ0) is 8.27. The zero-order valence-electron chi connectivity index (χ0n) is 5.81. The van der Waals surface area contributed by atoms with Gasteiger partial charge in [0, 0.05) is 0 Å². The maximum Gasteiger partial charge on any atom is 0.338 e. The van der Waals surface area contributed by atoms with Crippen molar-refractivity contribution >= 4 is 17.7 Å². The molecule has 1 rings (SSSR count). The number of hydrogen-bond acceptors (Lipinski definition) is 4. The van der Waals surface area contributed by atoms with Crippen molar-refractivity contribution in [3.63, 3.8) is 0 Å². The van der Waals surface area contributed by atoms with Gasteiger partial charge in [-0.3, -0.25) is 0 Å². The molecule has 0 unspecified atom stereocenters. The maximum absolute atomic E-state index is 10.5. The second-order valence-electron chi connectivity index (χ2n) is 1.76. The van der Waals surface area contributed by atoms with Crippen molar-refractivity contribution in [3.8, 4) is 0 Å². The first-order chi connectivity index (χ1) is 5.25. The van der Waals surface area contributed by atoms with Crippen LogP contribution in [0.4, 0.5) is 0 Å². The molecule has 4 nitrogen and oxygen atoms in total. The standard InChI is InChI=1S/C6H6N2O2S/c1-11-5-4(6(9)10)2-3-7-8-5/h2-3H,1H3,(H,9,10). The second-order valence-corrected chi connectivity index (χ2v) is 2.55. The van der Waals surface area contributed by atoms with Gasteiger partial charge in [0.1, 0.15) is 5.03 Å². The lowest BCUT2D eigenvalue weighted by molar-refractivity contribution is 0.0692. The second kappa shape index (κ2) is 3.34. The van der Waals surface area contributed by atoms with Crippen LogP contribution in [0.1, 0.15) is 10.4 Å². The molecule has 0 saturated heterocycles. The number of hydrogen-bond donors (Lipinski definition) is 1. The van der Waals surface area contributed by atoms with Crippen LogP contribution in [0.3, 0.4) is 0 Å². The van der Waals surface area contributed by atoms with E-state index < -0.39 is 5.97 Å². The van der Waals surface area contributed by atoms with Crippen LogP contribution in [-0.2, 0) is 0 Å². The summed E-state index contributed by atoms with van der Waals surface area (Å²) in [5.41, 5.74) is 0.201. The molecular formula is C6H6N2O2S. The third-order valence-corrected chi connectivity index (χ3v) is 1.80. The fraction of sp³-hybridized carbons (Fsp3) is 0.167. The van der Waals surface area contributed by atoms with E-state index in [0.717, 1.165) is 0 Å². The van der Waals surface area contributed by atoms with Gasteiger partial charge >= 0.3 is 5.97 Å². The van der Waals surface area contributed by atoms with Gasteiger partial charge in [-0.25, -0.2) is 4.79 Å². The van der Waals surface area contributed by atoms with E-state index in [-0.39, 0.29) is 5.56 Å². The molecule has 0 saturated carbocycles. The topological polar surface area (TPSA) is 63.1 Å². The maximum atomic E-state index is 10.5. The molecular weight excluding hydrogens is 164 g/mol. The van der Waals surface area contributed by atoms with E-state index in [0.29, 0.717) is 5.03 Å². The van der Waals surface area contributed by atoms with E-state index in [1.807, 2.05) is 0 Å². The summed E-state index contributed by atoms with van der Waals surface area (Å²) >= 11 is 1.27.